The molecule has 0 amide bonds. The number of hydrogen-bond acceptors (Lipinski definition) is 4. The number of benzene rings is 3. The fourth-order valence-corrected chi connectivity index (χ4v) is 4.68. The summed E-state index contributed by atoms with van der Waals surface area (Å²) < 4.78 is 5.87. The van der Waals surface area contributed by atoms with Crippen molar-refractivity contribution in [2.24, 2.45) is 0 Å². The van der Waals surface area contributed by atoms with Gasteiger partial charge < -0.3 is 15.2 Å². The average molecular weight is 459 g/mol. The van der Waals surface area contributed by atoms with Crippen LogP contribution in [-0.2, 0) is 12.0 Å². The van der Waals surface area contributed by atoms with Crippen molar-refractivity contribution in [1.29, 1.82) is 0 Å². The first-order valence-corrected chi connectivity index (χ1v) is 12.5. The summed E-state index contributed by atoms with van der Waals surface area (Å²) in [5, 5.41) is 14.0. The number of nitrogens with zero attached hydrogens (tertiary/aromatic N) is 1. The Balaban J connectivity index is 1.16. The van der Waals surface area contributed by atoms with Crippen LogP contribution >= 0.6 is 0 Å². The van der Waals surface area contributed by atoms with Crippen molar-refractivity contribution in [2.75, 3.05) is 26.2 Å². The Morgan fingerprint density at radius 1 is 0.882 bits per heavy atom. The summed E-state index contributed by atoms with van der Waals surface area (Å²) in [5.74, 6) is 0.792. The number of hydrogen-bond donors (Lipinski definition) is 2. The minimum atomic E-state index is -0.525. The van der Waals surface area contributed by atoms with Crippen molar-refractivity contribution >= 4 is 0 Å². The minimum absolute atomic E-state index is 0.0695. The Morgan fingerprint density at radius 3 is 2.12 bits per heavy atom. The van der Waals surface area contributed by atoms with Gasteiger partial charge in [0.2, 0.25) is 0 Å². The predicted octanol–water partition coefficient (Wildman–Crippen LogP) is 5.01. The first-order chi connectivity index (χ1) is 16.5. The highest BCUT2D eigenvalue weighted by molar-refractivity contribution is 5.39. The van der Waals surface area contributed by atoms with E-state index >= 15 is 0 Å². The zero-order chi connectivity index (χ0) is 23.8. The fraction of sp³-hybridized carbons (Fsp3) is 0.400. The van der Waals surface area contributed by atoms with Gasteiger partial charge >= 0.3 is 0 Å². The van der Waals surface area contributed by atoms with Gasteiger partial charge in [-0.05, 0) is 54.8 Å². The summed E-state index contributed by atoms with van der Waals surface area (Å²) in [7, 11) is 0. The van der Waals surface area contributed by atoms with Gasteiger partial charge in [0, 0.05) is 24.5 Å². The molecule has 4 rings (SSSR count). The molecule has 34 heavy (non-hydrogen) atoms. The fourth-order valence-electron chi connectivity index (χ4n) is 4.68. The standard InChI is InChI=1S/C30H38N2O2/c1-30(2,25-11-7-4-8-12-25)26-13-15-29(16-14-26)34-23-28(33)21-31-27-17-19-32(20-18-27)22-24-9-5-3-6-10-24/h3-16,27-28,31,33H,17-23H2,1-2H3/t28-/m1/s1. The SMILES string of the molecule is CC(C)(c1ccccc1)c1ccc(OC[C@H](O)CNC2CCN(Cc3ccccc3)CC2)cc1. The predicted molar refractivity (Wildman–Crippen MR) is 139 cm³/mol. The van der Waals surface area contributed by atoms with Crippen molar-refractivity contribution in [3.8, 4) is 5.75 Å². The van der Waals surface area contributed by atoms with Crippen LogP contribution in [0.15, 0.2) is 84.9 Å². The van der Waals surface area contributed by atoms with Crippen LogP contribution in [0.4, 0.5) is 0 Å². The zero-order valence-electron chi connectivity index (χ0n) is 20.5. The van der Waals surface area contributed by atoms with Gasteiger partial charge in [0.1, 0.15) is 18.5 Å². The normalized spacial score (nSPS) is 16.3. The van der Waals surface area contributed by atoms with Gasteiger partial charge in [-0.15, -0.1) is 0 Å². The van der Waals surface area contributed by atoms with E-state index in [1.165, 1.54) is 16.7 Å². The summed E-state index contributed by atoms with van der Waals surface area (Å²) in [6.45, 7) is 8.52. The summed E-state index contributed by atoms with van der Waals surface area (Å²) in [4.78, 5) is 2.51. The van der Waals surface area contributed by atoms with Gasteiger partial charge in [-0.3, -0.25) is 4.90 Å². The third-order valence-corrected chi connectivity index (χ3v) is 6.99. The zero-order valence-corrected chi connectivity index (χ0v) is 20.5. The number of piperidine rings is 1. The Labute approximate surface area is 204 Å². The third-order valence-electron chi connectivity index (χ3n) is 6.99. The number of aliphatic hydroxyl groups excluding tert-OH is 1. The molecule has 1 fully saturated rings. The molecule has 0 unspecified atom stereocenters. The smallest absolute Gasteiger partial charge is 0.119 e. The summed E-state index contributed by atoms with van der Waals surface area (Å²) in [5.41, 5.74) is 3.83. The van der Waals surface area contributed by atoms with Gasteiger partial charge in [0.25, 0.3) is 0 Å². The molecule has 2 N–H and O–H groups in total. The van der Waals surface area contributed by atoms with E-state index in [4.69, 9.17) is 4.74 Å². The number of aliphatic hydroxyl groups is 1. The molecule has 0 aromatic heterocycles. The second kappa shape index (κ2) is 11.7. The van der Waals surface area contributed by atoms with Crippen LogP contribution in [0, 0.1) is 0 Å². The molecule has 1 aliphatic rings. The molecule has 0 radical (unpaired) electrons. The van der Waals surface area contributed by atoms with Crippen molar-refractivity contribution in [2.45, 2.75) is 50.8 Å². The molecular weight excluding hydrogens is 420 g/mol. The maximum atomic E-state index is 10.4. The number of likely N-dealkylation sites (tertiary alicyclic amines) is 1. The van der Waals surface area contributed by atoms with Crippen LogP contribution in [0.5, 0.6) is 5.75 Å². The van der Waals surface area contributed by atoms with Gasteiger partial charge in [0.15, 0.2) is 0 Å². The van der Waals surface area contributed by atoms with Gasteiger partial charge in [-0.1, -0.05) is 86.6 Å². The van der Waals surface area contributed by atoms with Crippen molar-refractivity contribution in [3.05, 3.63) is 102 Å². The van der Waals surface area contributed by atoms with E-state index in [1.807, 2.05) is 18.2 Å². The largest absolute Gasteiger partial charge is 0.491 e. The van der Waals surface area contributed by atoms with Crippen LogP contribution in [0.1, 0.15) is 43.4 Å². The minimum Gasteiger partial charge on any atom is -0.491 e. The molecule has 1 aliphatic heterocycles. The highest BCUT2D eigenvalue weighted by Crippen LogP contribution is 2.32. The van der Waals surface area contributed by atoms with Crippen molar-refractivity contribution < 1.29 is 9.84 Å². The van der Waals surface area contributed by atoms with Crippen LogP contribution in [0.3, 0.4) is 0 Å². The second-order valence-corrected chi connectivity index (χ2v) is 9.92. The highest BCUT2D eigenvalue weighted by Gasteiger charge is 2.23. The second-order valence-electron chi connectivity index (χ2n) is 9.92. The Kier molecular flexibility index (Phi) is 8.39. The molecule has 4 nitrogen and oxygen atoms in total. The van der Waals surface area contributed by atoms with Crippen LogP contribution in [-0.4, -0.2) is 48.4 Å². The molecule has 0 spiro atoms. The van der Waals surface area contributed by atoms with Gasteiger partial charge in [-0.25, -0.2) is 0 Å². The lowest BCUT2D eigenvalue weighted by Gasteiger charge is -2.33. The number of nitrogens with one attached hydrogen (secondary N) is 1. The lowest BCUT2D eigenvalue weighted by Crippen LogP contribution is -2.45. The molecule has 1 saturated heterocycles. The first-order valence-electron chi connectivity index (χ1n) is 12.5. The number of ether oxygens (including phenoxy) is 1. The Bertz CT molecular complexity index is 981. The molecule has 3 aromatic carbocycles. The molecule has 0 saturated carbocycles. The van der Waals surface area contributed by atoms with E-state index in [9.17, 15) is 5.11 Å². The quantitative estimate of drug-likeness (QED) is 0.448. The molecule has 0 aliphatic carbocycles. The average Bonchev–Trinajstić information content (AvgIpc) is 2.88. The number of rotatable bonds is 10. The monoisotopic (exact) mass is 458 g/mol. The van der Waals surface area contributed by atoms with E-state index in [1.54, 1.807) is 0 Å². The van der Waals surface area contributed by atoms with Crippen LogP contribution < -0.4 is 10.1 Å². The molecule has 1 heterocycles. The molecule has 3 aromatic rings. The van der Waals surface area contributed by atoms with E-state index in [0.717, 1.165) is 38.2 Å². The third kappa shape index (κ3) is 6.69. The first kappa shape index (κ1) is 24.5. The van der Waals surface area contributed by atoms with Gasteiger partial charge in [0.05, 0.1) is 0 Å². The molecule has 4 heteroatoms. The maximum Gasteiger partial charge on any atom is 0.119 e. The van der Waals surface area contributed by atoms with Crippen molar-refractivity contribution in [1.82, 2.24) is 10.2 Å². The van der Waals surface area contributed by atoms with E-state index < -0.39 is 6.10 Å². The lowest BCUT2D eigenvalue weighted by atomic mass is 9.78. The molecule has 0 bridgehead atoms. The summed E-state index contributed by atoms with van der Waals surface area (Å²) in [6, 6.07) is 29.9. The highest BCUT2D eigenvalue weighted by atomic mass is 16.5. The topological polar surface area (TPSA) is 44.7 Å². The maximum absolute atomic E-state index is 10.4. The van der Waals surface area contributed by atoms with Crippen LogP contribution in [0.2, 0.25) is 0 Å². The van der Waals surface area contributed by atoms with E-state index in [2.05, 4.69) is 90.8 Å². The van der Waals surface area contributed by atoms with Crippen LogP contribution in [0.25, 0.3) is 0 Å². The van der Waals surface area contributed by atoms with E-state index in [0.29, 0.717) is 19.2 Å². The van der Waals surface area contributed by atoms with Gasteiger partial charge in [-0.2, -0.15) is 0 Å². The lowest BCUT2D eigenvalue weighted by molar-refractivity contribution is 0.0979. The summed E-state index contributed by atoms with van der Waals surface area (Å²) >= 11 is 0. The van der Waals surface area contributed by atoms with Crippen molar-refractivity contribution in [3.63, 3.8) is 0 Å². The summed E-state index contributed by atoms with van der Waals surface area (Å²) in [6.07, 6.45) is 1.70. The Hall–Kier alpha value is -2.66. The molecular formula is C30H38N2O2. The molecule has 180 valence electrons. The molecule has 1 atom stereocenters. The Morgan fingerprint density at radius 2 is 1.47 bits per heavy atom. The van der Waals surface area contributed by atoms with E-state index in [-0.39, 0.29) is 5.41 Å².